The van der Waals surface area contributed by atoms with Gasteiger partial charge in [-0.25, -0.2) is 0 Å². The average molecular weight is 268 g/mol. The van der Waals surface area contributed by atoms with Crippen LogP contribution in [0.15, 0.2) is 0 Å². The van der Waals surface area contributed by atoms with Crippen LogP contribution in [-0.4, -0.2) is 72.8 Å². The van der Waals surface area contributed by atoms with Crippen molar-refractivity contribution in [3.63, 3.8) is 0 Å². The highest BCUT2D eigenvalue weighted by molar-refractivity contribution is 4.52. The molecule has 0 aromatic rings. The van der Waals surface area contributed by atoms with Gasteiger partial charge in [-0.1, -0.05) is 19.8 Å². The summed E-state index contributed by atoms with van der Waals surface area (Å²) in [7, 11) is 0. The number of rotatable bonds is 11. The van der Waals surface area contributed by atoms with Gasteiger partial charge in [-0.3, -0.25) is 0 Å². The van der Waals surface area contributed by atoms with Crippen molar-refractivity contribution in [1.29, 1.82) is 0 Å². The quantitative estimate of drug-likeness (QED) is 0.378. The van der Waals surface area contributed by atoms with E-state index in [0.717, 1.165) is 19.3 Å². The molecule has 4 N–H and O–H groups in total. The molecule has 1 unspecified atom stereocenters. The van der Waals surface area contributed by atoms with E-state index < -0.39 is 0 Å². The van der Waals surface area contributed by atoms with Gasteiger partial charge in [0, 0.05) is 0 Å². The van der Waals surface area contributed by atoms with Crippen LogP contribution in [0, 0.1) is 0 Å². The molecule has 0 spiro atoms. The summed E-state index contributed by atoms with van der Waals surface area (Å²) in [6.07, 6.45) is 2.56. The van der Waals surface area contributed by atoms with E-state index in [1.165, 1.54) is 0 Å². The third-order valence-electron chi connectivity index (χ3n) is 1.91. The molecule has 0 bridgehead atoms. The standard InChI is InChI=1S/C8H18O3.C4H10O3/c1-2-3-4-8(10)7-11-6-5-9;5-1-3-7-4-2-6/h8-10H,2-7H2,1H3;5-6H,1-4H2. The number of hydrogen-bond donors (Lipinski definition) is 4. The first-order valence-corrected chi connectivity index (χ1v) is 6.39. The molecule has 0 aliphatic heterocycles. The lowest BCUT2D eigenvalue weighted by Crippen LogP contribution is -2.16. The minimum atomic E-state index is -0.360. The van der Waals surface area contributed by atoms with E-state index >= 15 is 0 Å². The summed E-state index contributed by atoms with van der Waals surface area (Å²) >= 11 is 0. The van der Waals surface area contributed by atoms with Gasteiger partial charge in [0.15, 0.2) is 0 Å². The topological polar surface area (TPSA) is 99.4 Å². The third-order valence-corrected chi connectivity index (χ3v) is 1.91. The Morgan fingerprint density at radius 2 is 1.39 bits per heavy atom. The number of hydrogen-bond acceptors (Lipinski definition) is 6. The lowest BCUT2D eigenvalue weighted by Gasteiger charge is -2.09. The highest BCUT2D eigenvalue weighted by atomic mass is 16.5. The van der Waals surface area contributed by atoms with Gasteiger partial charge in [-0.05, 0) is 6.42 Å². The Morgan fingerprint density at radius 1 is 0.889 bits per heavy atom. The van der Waals surface area contributed by atoms with E-state index in [-0.39, 0.29) is 25.9 Å². The fourth-order valence-corrected chi connectivity index (χ4v) is 1.04. The van der Waals surface area contributed by atoms with Crippen LogP contribution in [0.1, 0.15) is 26.2 Å². The average Bonchev–Trinajstić information content (AvgIpc) is 2.38. The van der Waals surface area contributed by atoms with Crippen molar-refractivity contribution in [2.45, 2.75) is 32.3 Å². The van der Waals surface area contributed by atoms with Gasteiger partial charge in [0.1, 0.15) is 0 Å². The second-order valence-electron chi connectivity index (χ2n) is 3.65. The van der Waals surface area contributed by atoms with Crippen molar-refractivity contribution in [1.82, 2.24) is 0 Å². The summed E-state index contributed by atoms with van der Waals surface area (Å²) in [5, 5.41) is 33.7. The first-order chi connectivity index (χ1) is 8.72. The van der Waals surface area contributed by atoms with Crippen molar-refractivity contribution in [2.24, 2.45) is 0 Å². The first-order valence-electron chi connectivity index (χ1n) is 6.39. The zero-order chi connectivity index (χ0) is 14.1. The maximum atomic E-state index is 9.20. The van der Waals surface area contributed by atoms with Crippen LogP contribution >= 0.6 is 0 Å². The van der Waals surface area contributed by atoms with E-state index in [9.17, 15) is 5.11 Å². The Kier molecular flexibility index (Phi) is 21.3. The molecule has 0 fully saturated rings. The molecule has 0 aliphatic carbocycles. The molecule has 0 saturated heterocycles. The Balaban J connectivity index is 0. The maximum absolute atomic E-state index is 9.20. The van der Waals surface area contributed by atoms with E-state index in [1.807, 2.05) is 0 Å². The third kappa shape index (κ3) is 21.1. The molecule has 112 valence electrons. The van der Waals surface area contributed by atoms with Crippen LogP contribution in [0.25, 0.3) is 0 Å². The molecule has 18 heavy (non-hydrogen) atoms. The van der Waals surface area contributed by atoms with Crippen molar-refractivity contribution in [2.75, 3.05) is 46.2 Å². The zero-order valence-corrected chi connectivity index (χ0v) is 11.3. The van der Waals surface area contributed by atoms with Crippen molar-refractivity contribution in [3.05, 3.63) is 0 Å². The molecule has 6 nitrogen and oxygen atoms in total. The summed E-state index contributed by atoms with van der Waals surface area (Å²) in [5.41, 5.74) is 0. The van der Waals surface area contributed by atoms with Gasteiger partial charge in [0.2, 0.25) is 0 Å². The molecule has 6 heteroatoms. The molecule has 1 atom stereocenters. The Labute approximate surface area is 109 Å². The highest BCUT2D eigenvalue weighted by Gasteiger charge is 2.01. The van der Waals surface area contributed by atoms with Gasteiger partial charge >= 0.3 is 0 Å². The van der Waals surface area contributed by atoms with Gasteiger partial charge < -0.3 is 29.9 Å². The maximum Gasteiger partial charge on any atom is 0.0773 e. The van der Waals surface area contributed by atoms with Crippen molar-refractivity contribution in [3.8, 4) is 0 Å². The second kappa shape index (κ2) is 19.1. The minimum absolute atomic E-state index is 0.0278. The Hall–Kier alpha value is -0.240. The summed E-state index contributed by atoms with van der Waals surface area (Å²) in [4.78, 5) is 0. The monoisotopic (exact) mass is 268 g/mol. The van der Waals surface area contributed by atoms with Crippen molar-refractivity contribution >= 4 is 0 Å². The summed E-state index contributed by atoms with van der Waals surface area (Å²) < 4.78 is 9.57. The SMILES string of the molecule is CCCCC(O)COCCO.OCCOCCO. The zero-order valence-electron chi connectivity index (χ0n) is 11.3. The summed E-state index contributed by atoms with van der Waals surface area (Å²) in [6, 6.07) is 0. The van der Waals surface area contributed by atoms with Crippen LogP contribution in [-0.2, 0) is 9.47 Å². The van der Waals surface area contributed by atoms with Crippen LogP contribution in [0.5, 0.6) is 0 Å². The molecular weight excluding hydrogens is 240 g/mol. The van der Waals surface area contributed by atoms with Gasteiger partial charge in [0.05, 0.1) is 52.4 Å². The largest absolute Gasteiger partial charge is 0.394 e. The number of unbranched alkanes of at least 4 members (excludes halogenated alkanes) is 1. The van der Waals surface area contributed by atoms with Crippen LogP contribution < -0.4 is 0 Å². The van der Waals surface area contributed by atoms with E-state index in [4.69, 9.17) is 20.1 Å². The van der Waals surface area contributed by atoms with Gasteiger partial charge in [-0.15, -0.1) is 0 Å². The molecule has 0 aliphatic rings. The molecule has 0 saturated carbocycles. The lowest BCUT2D eigenvalue weighted by molar-refractivity contribution is 0.0172. The highest BCUT2D eigenvalue weighted by Crippen LogP contribution is 2.00. The fraction of sp³-hybridized carbons (Fsp3) is 1.00. The van der Waals surface area contributed by atoms with E-state index in [1.54, 1.807) is 0 Å². The van der Waals surface area contributed by atoms with Gasteiger partial charge in [0.25, 0.3) is 0 Å². The molecular formula is C12H28O6. The Morgan fingerprint density at radius 3 is 1.83 bits per heavy atom. The summed E-state index contributed by atoms with van der Waals surface area (Å²) in [6.45, 7) is 3.48. The number of ether oxygens (including phenoxy) is 2. The molecule has 0 heterocycles. The predicted octanol–water partition coefficient (Wildman–Crippen LogP) is -0.466. The molecule has 0 amide bonds. The molecule has 0 radical (unpaired) electrons. The molecule has 0 rings (SSSR count). The number of aliphatic hydroxyl groups excluding tert-OH is 4. The first kappa shape index (κ1) is 20.1. The van der Waals surface area contributed by atoms with Crippen LogP contribution in [0.3, 0.4) is 0 Å². The van der Waals surface area contributed by atoms with Crippen LogP contribution in [0.2, 0.25) is 0 Å². The smallest absolute Gasteiger partial charge is 0.0773 e. The van der Waals surface area contributed by atoms with Crippen molar-refractivity contribution < 1.29 is 29.9 Å². The Bertz CT molecular complexity index is 130. The van der Waals surface area contributed by atoms with E-state index in [2.05, 4.69) is 11.7 Å². The minimum Gasteiger partial charge on any atom is -0.394 e. The van der Waals surface area contributed by atoms with E-state index in [0.29, 0.717) is 26.4 Å². The summed E-state index contributed by atoms with van der Waals surface area (Å²) in [5.74, 6) is 0. The predicted molar refractivity (Wildman–Crippen MR) is 68.4 cm³/mol. The second-order valence-corrected chi connectivity index (χ2v) is 3.65. The lowest BCUT2D eigenvalue weighted by atomic mass is 10.2. The number of aliphatic hydroxyl groups is 4. The fourth-order valence-electron chi connectivity index (χ4n) is 1.04. The molecule has 0 aromatic carbocycles. The molecule has 0 aromatic heterocycles. The van der Waals surface area contributed by atoms with Gasteiger partial charge in [-0.2, -0.15) is 0 Å². The normalized spacial score (nSPS) is 11.8. The van der Waals surface area contributed by atoms with Crippen LogP contribution in [0.4, 0.5) is 0 Å².